The lowest BCUT2D eigenvalue weighted by atomic mass is 9.97. The maximum atomic E-state index is 13.7. The van der Waals surface area contributed by atoms with Gasteiger partial charge in [-0.2, -0.15) is 0 Å². The summed E-state index contributed by atoms with van der Waals surface area (Å²) in [5.41, 5.74) is 5.88. The van der Waals surface area contributed by atoms with Gasteiger partial charge in [-0.05, 0) is 42.5 Å². The molecular formula is C19H18FN5O2S. The highest BCUT2D eigenvalue weighted by molar-refractivity contribution is 7.13. The van der Waals surface area contributed by atoms with Crippen LogP contribution in [-0.4, -0.2) is 44.6 Å². The van der Waals surface area contributed by atoms with Crippen molar-refractivity contribution in [2.75, 3.05) is 13.1 Å². The quantitative estimate of drug-likeness (QED) is 0.729. The van der Waals surface area contributed by atoms with Crippen LogP contribution in [0.4, 0.5) is 4.39 Å². The van der Waals surface area contributed by atoms with Crippen LogP contribution in [0.15, 0.2) is 41.8 Å². The van der Waals surface area contributed by atoms with Gasteiger partial charge in [-0.3, -0.25) is 9.59 Å². The van der Waals surface area contributed by atoms with E-state index in [2.05, 4.69) is 10.1 Å². The van der Waals surface area contributed by atoms with Crippen LogP contribution in [0.1, 0.15) is 23.5 Å². The molecule has 144 valence electrons. The highest BCUT2D eigenvalue weighted by Gasteiger charge is 2.30. The molecule has 3 heterocycles. The van der Waals surface area contributed by atoms with Crippen molar-refractivity contribution in [2.24, 2.45) is 11.7 Å². The summed E-state index contributed by atoms with van der Waals surface area (Å²) in [6.45, 7) is 0.780. The third kappa shape index (κ3) is 3.53. The number of amides is 2. The zero-order chi connectivity index (χ0) is 19.7. The predicted octanol–water partition coefficient (Wildman–Crippen LogP) is 2.47. The van der Waals surface area contributed by atoms with E-state index >= 15 is 0 Å². The fourth-order valence-corrected chi connectivity index (χ4v) is 3.99. The van der Waals surface area contributed by atoms with E-state index in [4.69, 9.17) is 5.73 Å². The standard InChI is InChI=1S/C19H18FN5O2S/c20-13-5-1-6-14(10-13)25-18(15-7-3-9-28-15)22-17(23-25)19(27)24-8-2-4-12(11-24)16(21)26/h1,3,5-7,9-10,12H,2,4,8,11H2,(H2,21,26). The molecule has 1 unspecified atom stereocenters. The van der Waals surface area contributed by atoms with Crippen molar-refractivity contribution in [3.8, 4) is 16.4 Å². The highest BCUT2D eigenvalue weighted by atomic mass is 32.1. The van der Waals surface area contributed by atoms with Crippen LogP contribution in [0.25, 0.3) is 16.4 Å². The Hall–Kier alpha value is -3.07. The molecule has 2 amide bonds. The van der Waals surface area contributed by atoms with Gasteiger partial charge < -0.3 is 10.6 Å². The van der Waals surface area contributed by atoms with Crippen molar-refractivity contribution in [2.45, 2.75) is 12.8 Å². The lowest BCUT2D eigenvalue weighted by Crippen LogP contribution is -2.44. The minimum absolute atomic E-state index is 0.0118. The third-order valence-electron chi connectivity index (χ3n) is 4.70. The van der Waals surface area contributed by atoms with Crippen molar-refractivity contribution >= 4 is 23.2 Å². The number of piperidine rings is 1. The summed E-state index contributed by atoms with van der Waals surface area (Å²) < 4.78 is 15.2. The van der Waals surface area contributed by atoms with Crippen LogP contribution in [0.2, 0.25) is 0 Å². The number of carbonyl (C=O) groups excluding carboxylic acids is 2. The lowest BCUT2D eigenvalue weighted by Gasteiger charge is -2.30. The summed E-state index contributed by atoms with van der Waals surface area (Å²) in [5, 5.41) is 6.25. The number of nitrogens with zero attached hydrogens (tertiary/aromatic N) is 4. The minimum Gasteiger partial charge on any atom is -0.369 e. The molecule has 9 heteroatoms. The number of benzene rings is 1. The molecule has 1 atom stereocenters. The van der Waals surface area contributed by atoms with E-state index in [1.165, 1.54) is 28.2 Å². The molecule has 4 rings (SSSR count). The van der Waals surface area contributed by atoms with Gasteiger partial charge in [-0.1, -0.05) is 12.1 Å². The molecule has 0 aliphatic carbocycles. The second kappa shape index (κ2) is 7.51. The number of carbonyl (C=O) groups is 2. The minimum atomic E-state index is -0.407. The molecular weight excluding hydrogens is 381 g/mol. The van der Waals surface area contributed by atoms with Crippen LogP contribution >= 0.6 is 11.3 Å². The van der Waals surface area contributed by atoms with E-state index in [0.29, 0.717) is 30.9 Å². The Balaban J connectivity index is 1.71. The predicted molar refractivity (Wildman–Crippen MR) is 102 cm³/mol. The van der Waals surface area contributed by atoms with Crippen molar-refractivity contribution in [1.82, 2.24) is 19.7 Å². The maximum absolute atomic E-state index is 13.7. The molecule has 0 spiro atoms. The summed E-state index contributed by atoms with van der Waals surface area (Å²) >= 11 is 1.45. The molecule has 3 aromatic rings. The monoisotopic (exact) mass is 399 g/mol. The number of aromatic nitrogens is 3. The van der Waals surface area contributed by atoms with E-state index in [1.807, 2.05) is 17.5 Å². The fourth-order valence-electron chi connectivity index (χ4n) is 3.29. The second-order valence-electron chi connectivity index (χ2n) is 6.62. The molecule has 28 heavy (non-hydrogen) atoms. The van der Waals surface area contributed by atoms with Gasteiger partial charge in [0.1, 0.15) is 5.82 Å². The van der Waals surface area contributed by atoms with Gasteiger partial charge in [-0.25, -0.2) is 14.1 Å². The van der Waals surface area contributed by atoms with Crippen LogP contribution < -0.4 is 5.73 Å². The topological polar surface area (TPSA) is 94.1 Å². The van der Waals surface area contributed by atoms with Gasteiger partial charge in [0.25, 0.3) is 5.91 Å². The maximum Gasteiger partial charge on any atom is 0.293 e. The van der Waals surface area contributed by atoms with Crippen molar-refractivity contribution in [3.63, 3.8) is 0 Å². The largest absolute Gasteiger partial charge is 0.369 e. The van der Waals surface area contributed by atoms with E-state index in [1.54, 1.807) is 17.0 Å². The SMILES string of the molecule is NC(=O)C1CCCN(C(=O)c2nc(-c3cccs3)n(-c3cccc(F)c3)n2)C1. The number of rotatable bonds is 4. The zero-order valence-corrected chi connectivity index (χ0v) is 15.7. The summed E-state index contributed by atoms with van der Waals surface area (Å²) in [5.74, 6) is -1.06. The van der Waals surface area contributed by atoms with Crippen LogP contribution in [0.5, 0.6) is 0 Å². The van der Waals surface area contributed by atoms with E-state index in [0.717, 1.165) is 4.88 Å². The van der Waals surface area contributed by atoms with Crippen LogP contribution in [0, 0.1) is 11.7 Å². The first kappa shape index (κ1) is 18.3. The molecule has 0 bridgehead atoms. The Bertz CT molecular complexity index is 1020. The molecule has 0 radical (unpaired) electrons. The van der Waals surface area contributed by atoms with E-state index in [9.17, 15) is 14.0 Å². The first-order chi connectivity index (χ1) is 13.5. The van der Waals surface area contributed by atoms with Crippen LogP contribution in [-0.2, 0) is 4.79 Å². The molecule has 2 N–H and O–H groups in total. The Labute approximate surface area is 164 Å². The molecule has 2 aromatic heterocycles. The Morgan fingerprint density at radius 3 is 2.82 bits per heavy atom. The van der Waals surface area contributed by atoms with Gasteiger partial charge >= 0.3 is 0 Å². The van der Waals surface area contributed by atoms with Gasteiger partial charge in [-0.15, -0.1) is 16.4 Å². The lowest BCUT2D eigenvalue weighted by molar-refractivity contribution is -0.123. The summed E-state index contributed by atoms with van der Waals surface area (Å²) in [6, 6.07) is 9.69. The first-order valence-corrected chi connectivity index (χ1v) is 9.76. The number of primary amides is 1. The number of likely N-dealkylation sites (tertiary alicyclic amines) is 1. The second-order valence-corrected chi connectivity index (χ2v) is 7.57. The van der Waals surface area contributed by atoms with Crippen LogP contribution in [0.3, 0.4) is 0 Å². The van der Waals surface area contributed by atoms with Crippen molar-refractivity contribution in [1.29, 1.82) is 0 Å². The fraction of sp³-hybridized carbons (Fsp3) is 0.263. The highest BCUT2D eigenvalue weighted by Crippen LogP contribution is 2.26. The summed E-state index contributed by atoms with van der Waals surface area (Å²) in [7, 11) is 0. The van der Waals surface area contributed by atoms with Gasteiger partial charge in [0, 0.05) is 13.1 Å². The van der Waals surface area contributed by atoms with Crippen molar-refractivity contribution in [3.05, 3.63) is 53.4 Å². The number of nitrogens with two attached hydrogens (primary N) is 1. The molecule has 1 aliphatic rings. The van der Waals surface area contributed by atoms with Gasteiger partial charge in [0.15, 0.2) is 5.82 Å². The third-order valence-corrected chi connectivity index (χ3v) is 5.57. The first-order valence-electron chi connectivity index (χ1n) is 8.88. The average Bonchev–Trinajstić information content (AvgIpc) is 3.37. The smallest absolute Gasteiger partial charge is 0.293 e. The molecule has 1 aromatic carbocycles. The Morgan fingerprint density at radius 2 is 2.11 bits per heavy atom. The number of halogens is 1. The molecule has 1 saturated heterocycles. The molecule has 1 aliphatic heterocycles. The zero-order valence-electron chi connectivity index (χ0n) is 14.9. The summed E-state index contributed by atoms with van der Waals surface area (Å²) in [6.07, 6.45) is 1.37. The van der Waals surface area contributed by atoms with E-state index in [-0.39, 0.29) is 24.2 Å². The van der Waals surface area contributed by atoms with Crippen molar-refractivity contribution < 1.29 is 14.0 Å². The number of hydrogen-bond acceptors (Lipinski definition) is 5. The molecule has 7 nitrogen and oxygen atoms in total. The van der Waals surface area contributed by atoms with Gasteiger partial charge in [0.05, 0.1) is 16.5 Å². The average molecular weight is 399 g/mol. The number of hydrogen-bond donors (Lipinski definition) is 1. The molecule has 1 fully saturated rings. The molecule has 0 saturated carbocycles. The Morgan fingerprint density at radius 1 is 1.25 bits per heavy atom. The normalized spacial score (nSPS) is 16.9. The summed E-state index contributed by atoms with van der Waals surface area (Å²) in [4.78, 5) is 31.3. The van der Waals surface area contributed by atoms with E-state index < -0.39 is 11.7 Å². The Kier molecular flexibility index (Phi) is 4.91. The van der Waals surface area contributed by atoms with Gasteiger partial charge in [0.2, 0.25) is 11.7 Å². The number of thiophene rings is 1.